The van der Waals surface area contributed by atoms with E-state index in [1.807, 2.05) is 0 Å². The molecule has 0 saturated carbocycles. The van der Waals surface area contributed by atoms with Crippen molar-refractivity contribution >= 4 is 0 Å². The predicted molar refractivity (Wildman–Crippen MR) is 43.8 cm³/mol. The molecule has 10 heavy (non-hydrogen) atoms. The summed E-state index contributed by atoms with van der Waals surface area (Å²) in [5.74, 6) is 0. The number of likely N-dealkylation sites (tertiary alicyclic amines) is 1. The van der Waals surface area contributed by atoms with E-state index in [2.05, 4.69) is 32.1 Å². The van der Waals surface area contributed by atoms with E-state index in [9.17, 15) is 0 Å². The van der Waals surface area contributed by atoms with Crippen molar-refractivity contribution in [3.8, 4) is 0 Å². The second-order valence-corrected chi connectivity index (χ2v) is 3.91. The summed E-state index contributed by atoms with van der Waals surface area (Å²) < 4.78 is 0. The number of hydrogen-bond acceptors (Lipinski definition) is 1. The first-order chi connectivity index (χ1) is 4.61. The lowest BCUT2D eigenvalue weighted by molar-refractivity contribution is 0.125. The molecule has 0 aromatic heterocycles. The lowest BCUT2D eigenvalue weighted by atomic mass is 10.0. The highest BCUT2D eigenvalue weighted by atomic mass is 15.2. The maximum Gasteiger partial charge on any atom is 0.0125 e. The lowest BCUT2D eigenvalue weighted by Crippen LogP contribution is -2.44. The fraction of sp³-hybridized carbons (Fsp3) is 0.889. The zero-order chi connectivity index (χ0) is 7.61. The molecule has 0 unspecified atom stereocenters. The fourth-order valence-corrected chi connectivity index (χ4v) is 1.34. The molecule has 0 aliphatic carbocycles. The van der Waals surface area contributed by atoms with Crippen LogP contribution in [0.1, 0.15) is 33.6 Å². The van der Waals surface area contributed by atoms with Gasteiger partial charge < -0.3 is 0 Å². The normalized spacial score (nSPS) is 23.1. The van der Waals surface area contributed by atoms with Gasteiger partial charge in [0.15, 0.2) is 0 Å². The Bertz CT molecular complexity index is 95.8. The van der Waals surface area contributed by atoms with Crippen LogP contribution in [0, 0.1) is 6.42 Å². The van der Waals surface area contributed by atoms with Crippen molar-refractivity contribution in [2.24, 2.45) is 0 Å². The highest BCUT2D eigenvalue weighted by Gasteiger charge is 2.22. The Balaban J connectivity index is 2.39. The molecule has 2 radical (unpaired) electrons. The Kier molecular flexibility index (Phi) is 2.35. The van der Waals surface area contributed by atoms with Crippen molar-refractivity contribution in [2.45, 2.75) is 39.2 Å². The van der Waals surface area contributed by atoms with E-state index < -0.39 is 0 Å². The molecule has 1 heteroatoms. The van der Waals surface area contributed by atoms with Crippen molar-refractivity contribution < 1.29 is 0 Å². The minimum atomic E-state index is 0.363. The maximum atomic E-state index is 3.35. The standard InChI is InChI=1S/C9H17N/c1-9(2,3)10-7-5-4-6-8-10/h5-8H2,1-3H3. The van der Waals surface area contributed by atoms with E-state index in [0.717, 1.165) is 12.8 Å². The first kappa shape index (κ1) is 8.06. The van der Waals surface area contributed by atoms with Crippen LogP contribution in [0.25, 0.3) is 0 Å². The lowest BCUT2D eigenvalue weighted by Gasteiger charge is -2.38. The molecule has 58 valence electrons. The van der Waals surface area contributed by atoms with Crippen LogP contribution in [-0.4, -0.2) is 23.5 Å². The number of rotatable bonds is 0. The highest BCUT2D eigenvalue weighted by molar-refractivity contribution is 4.84. The Hall–Kier alpha value is -0.0400. The Morgan fingerprint density at radius 1 is 1.10 bits per heavy atom. The largest absolute Gasteiger partial charge is 0.298 e. The minimum Gasteiger partial charge on any atom is -0.298 e. The van der Waals surface area contributed by atoms with E-state index in [4.69, 9.17) is 0 Å². The Morgan fingerprint density at radius 3 is 1.90 bits per heavy atom. The molecule has 0 N–H and O–H groups in total. The molecule has 1 fully saturated rings. The molecule has 0 spiro atoms. The van der Waals surface area contributed by atoms with Crippen LogP contribution >= 0.6 is 0 Å². The first-order valence-corrected chi connectivity index (χ1v) is 4.06. The average molecular weight is 139 g/mol. The van der Waals surface area contributed by atoms with Crippen LogP contribution < -0.4 is 0 Å². The third kappa shape index (κ3) is 1.98. The van der Waals surface area contributed by atoms with Gasteiger partial charge in [-0.3, -0.25) is 4.90 Å². The molecular weight excluding hydrogens is 122 g/mol. The molecule has 0 amide bonds. The maximum absolute atomic E-state index is 3.35. The summed E-state index contributed by atoms with van der Waals surface area (Å²) in [6, 6.07) is 0. The van der Waals surface area contributed by atoms with Gasteiger partial charge in [-0.15, -0.1) is 0 Å². The molecule has 1 rings (SSSR count). The number of piperidine rings is 1. The molecule has 0 aromatic rings. The van der Waals surface area contributed by atoms with Gasteiger partial charge >= 0.3 is 0 Å². The van der Waals surface area contributed by atoms with Gasteiger partial charge in [0.05, 0.1) is 0 Å². The molecule has 0 atom stereocenters. The summed E-state index contributed by atoms with van der Waals surface area (Å²) in [5, 5.41) is 0. The van der Waals surface area contributed by atoms with Gasteiger partial charge in [-0.1, -0.05) is 0 Å². The topological polar surface area (TPSA) is 3.24 Å². The summed E-state index contributed by atoms with van der Waals surface area (Å²) in [4.78, 5) is 2.52. The quantitative estimate of drug-likeness (QED) is 0.496. The van der Waals surface area contributed by atoms with Crippen LogP contribution in [0.4, 0.5) is 0 Å². The van der Waals surface area contributed by atoms with E-state index in [1.54, 1.807) is 0 Å². The van der Waals surface area contributed by atoms with Gasteiger partial charge in [0.2, 0.25) is 0 Å². The number of nitrogens with zero attached hydrogens (tertiary/aromatic N) is 1. The minimum absolute atomic E-state index is 0.363. The predicted octanol–water partition coefficient (Wildman–Crippen LogP) is 1.96. The molecule has 1 nitrogen and oxygen atoms in total. The van der Waals surface area contributed by atoms with Crippen LogP contribution in [0.3, 0.4) is 0 Å². The van der Waals surface area contributed by atoms with Crippen LogP contribution in [0.2, 0.25) is 0 Å². The molecule has 1 saturated heterocycles. The second kappa shape index (κ2) is 2.91. The highest BCUT2D eigenvalue weighted by Crippen LogP contribution is 2.18. The average Bonchev–Trinajstić information content (AvgIpc) is 1.88. The summed E-state index contributed by atoms with van der Waals surface area (Å²) in [7, 11) is 0. The van der Waals surface area contributed by atoms with Gasteiger partial charge in [-0.2, -0.15) is 0 Å². The molecule has 1 aliphatic heterocycles. The van der Waals surface area contributed by atoms with E-state index in [-0.39, 0.29) is 0 Å². The van der Waals surface area contributed by atoms with Gasteiger partial charge in [0.25, 0.3) is 0 Å². The SMILES string of the molecule is CC(C)(C)N1CC[C]CC1. The van der Waals surface area contributed by atoms with Crippen molar-refractivity contribution in [1.82, 2.24) is 4.90 Å². The molecular formula is C9H17N. The van der Waals surface area contributed by atoms with E-state index in [1.165, 1.54) is 13.1 Å². The monoisotopic (exact) mass is 139 g/mol. The van der Waals surface area contributed by atoms with Crippen LogP contribution in [-0.2, 0) is 0 Å². The van der Waals surface area contributed by atoms with Gasteiger partial charge in [0.1, 0.15) is 0 Å². The summed E-state index contributed by atoms with van der Waals surface area (Å²) >= 11 is 0. The van der Waals surface area contributed by atoms with Crippen molar-refractivity contribution in [2.75, 3.05) is 13.1 Å². The Labute approximate surface area is 64.4 Å². The van der Waals surface area contributed by atoms with Gasteiger partial charge in [0, 0.05) is 5.54 Å². The zero-order valence-electron chi connectivity index (χ0n) is 7.28. The van der Waals surface area contributed by atoms with Crippen molar-refractivity contribution in [1.29, 1.82) is 0 Å². The molecule has 0 aromatic carbocycles. The van der Waals surface area contributed by atoms with Gasteiger partial charge in [-0.25, -0.2) is 0 Å². The van der Waals surface area contributed by atoms with Crippen molar-refractivity contribution in [3.05, 3.63) is 6.42 Å². The zero-order valence-corrected chi connectivity index (χ0v) is 7.28. The third-order valence-electron chi connectivity index (χ3n) is 2.07. The third-order valence-corrected chi connectivity index (χ3v) is 2.07. The molecule has 1 aliphatic rings. The smallest absolute Gasteiger partial charge is 0.0125 e. The number of hydrogen-bond donors (Lipinski definition) is 0. The second-order valence-electron chi connectivity index (χ2n) is 3.91. The summed E-state index contributed by atoms with van der Waals surface area (Å²) in [5.41, 5.74) is 0.363. The Morgan fingerprint density at radius 2 is 1.60 bits per heavy atom. The molecule has 1 heterocycles. The van der Waals surface area contributed by atoms with Crippen molar-refractivity contribution in [3.63, 3.8) is 0 Å². The van der Waals surface area contributed by atoms with Gasteiger partial charge in [-0.05, 0) is 53.1 Å². The van der Waals surface area contributed by atoms with E-state index >= 15 is 0 Å². The van der Waals surface area contributed by atoms with Crippen LogP contribution in [0.5, 0.6) is 0 Å². The first-order valence-electron chi connectivity index (χ1n) is 4.06. The summed E-state index contributed by atoms with van der Waals surface area (Å²) in [6.45, 7) is 9.22. The van der Waals surface area contributed by atoms with Crippen LogP contribution in [0.15, 0.2) is 0 Å². The summed E-state index contributed by atoms with van der Waals surface area (Å²) in [6.07, 6.45) is 5.65. The van der Waals surface area contributed by atoms with E-state index in [0.29, 0.717) is 5.54 Å². The molecule has 0 bridgehead atoms. The fourth-order valence-electron chi connectivity index (χ4n) is 1.34.